The molecular formula is C21H27ClN2O5S. The molecule has 0 radical (unpaired) electrons. The lowest BCUT2D eigenvalue weighted by Crippen LogP contribution is -2.32. The molecule has 0 bridgehead atoms. The minimum absolute atomic E-state index is 0.153. The van der Waals surface area contributed by atoms with E-state index >= 15 is 0 Å². The number of benzene rings is 2. The van der Waals surface area contributed by atoms with Crippen molar-refractivity contribution in [1.29, 1.82) is 0 Å². The van der Waals surface area contributed by atoms with Gasteiger partial charge in [-0.05, 0) is 30.2 Å². The van der Waals surface area contributed by atoms with E-state index < -0.39 is 10.0 Å². The summed E-state index contributed by atoms with van der Waals surface area (Å²) in [5.74, 6) is 0.308. The second-order valence-corrected chi connectivity index (χ2v) is 8.96. The van der Waals surface area contributed by atoms with Crippen LogP contribution in [0.5, 0.6) is 5.75 Å². The molecule has 30 heavy (non-hydrogen) atoms. The quantitative estimate of drug-likeness (QED) is 0.498. The Morgan fingerprint density at radius 3 is 2.53 bits per heavy atom. The lowest BCUT2D eigenvalue weighted by molar-refractivity contribution is -0.121. The lowest BCUT2D eigenvalue weighted by atomic mass is 10.2. The molecule has 2 rings (SSSR count). The number of halogens is 1. The Hall–Kier alpha value is -2.29. The average molecular weight is 455 g/mol. The topological polar surface area (TPSA) is 84.9 Å². The van der Waals surface area contributed by atoms with Crippen molar-refractivity contribution in [3.8, 4) is 5.75 Å². The highest BCUT2D eigenvalue weighted by molar-refractivity contribution is 7.92. The summed E-state index contributed by atoms with van der Waals surface area (Å²) in [5, 5.41) is 3.09. The number of ether oxygens (including phenoxy) is 2. The van der Waals surface area contributed by atoms with Crippen molar-refractivity contribution in [3.63, 3.8) is 0 Å². The maximum atomic E-state index is 12.2. The summed E-state index contributed by atoms with van der Waals surface area (Å²) in [7, 11) is -2.03. The maximum absolute atomic E-state index is 12.2. The van der Waals surface area contributed by atoms with Gasteiger partial charge in [0, 0.05) is 19.5 Å². The van der Waals surface area contributed by atoms with Crippen molar-refractivity contribution in [2.45, 2.75) is 19.4 Å². The summed E-state index contributed by atoms with van der Waals surface area (Å²) in [6, 6.07) is 14.5. The SMILES string of the molecule is COc1ccc(N(CCCC(=O)NCCOCc2ccccc2)S(C)(=O)=O)cc1Cl. The first-order valence-electron chi connectivity index (χ1n) is 9.51. The minimum atomic E-state index is -3.52. The fraction of sp³-hybridized carbons (Fsp3) is 0.381. The van der Waals surface area contributed by atoms with Crippen LogP contribution in [0.15, 0.2) is 48.5 Å². The van der Waals surface area contributed by atoms with Crippen LogP contribution in [0.4, 0.5) is 5.69 Å². The van der Waals surface area contributed by atoms with Crippen molar-refractivity contribution in [2.75, 3.05) is 37.4 Å². The van der Waals surface area contributed by atoms with Crippen LogP contribution in [0, 0.1) is 0 Å². The number of nitrogens with zero attached hydrogens (tertiary/aromatic N) is 1. The molecule has 0 saturated carbocycles. The Morgan fingerprint density at radius 1 is 1.17 bits per heavy atom. The molecule has 7 nitrogen and oxygen atoms in total. The van der Waals surface area contributed by atoms with Crippen LogP contribution in [0.3, 0.4) is 0 Å². The van der Waals surface area contributed by atoms with Gasteiger partial charge >= 0.3 is 0 Å². The van der Waals surface area contributed by atoms with Gasteiger partial charge in [0.1, 0.15) is 5.75 Å². The summed E-state index contributed by atoms with van der Waals surface area (Å²) >= 11 is 6.11. The van der Waals surface area contributed by atoms with Crippen LogP contribution in [0.1, 0.15) is 18.4 Å². The Labute approximate surface area is 183 Å². The van der Waals surface area contributed by atoms with Gasteiger partial charge in [-0.3, -0.25) is 9.10 Å². The van der Waals surface area contributed by atoms with Gasteiger partial charge < -0.3 is 14.8 Å². The molecule has 0 aliphatic carbocycles. The molecule has 0 fully saturated rings. The fourth-order valence-electron chi connectivity index (χ4n) is 2.80. The molecule has 0 unspecified atom stereocenters. The van der Waals surface area contributed by atoms with Crippen molar-refractivity contribution < 1.29 is 22.7 Å². The number of nitrogens with one attached hydrogen (secondary N) is 1. The van der Waals surface area contributed by atoms with Crippen LogP contribution in [0.25, 0.3) is 0 Å². The third kappa shape index (κ3) is 7.85. The second kappa shape index (κ2) is 11.8. The predicted molar refractivity (Wildman–Crippen MR) is 119 cm³/mol. The lowest BCUT2D eigenvalue weighted by Gasteiger charge is -2.23. The van der Waals surface area contributed by atoms with Crippen molar-refractivity contribution in [1.82, 2.24) is 5.32 Å². The molecule has 0 spiro atoms. The summed E-state index contributed by atoms with van der Waals surface area (Å²) in [6.07, 6.45) is 1.69. The van der Waals surface area contributed by atoms with E-state index in [2.05, 4.69) is 5.32 Å². The van der Waals surface area contributed by atoms with Crippen molar-refractivity contribution in [3.05, 3.63) is 59.1 Å². The monoisotopic (exact) mass is 454 g/mol. The van der Waals surface area contributed by atoms with E-state index in [-0.39, 0.29) is 18.9 Å². The van der Waals surface area contributed by atoms with E-state index in [9.17, 15) is 13.2 Å². The largest absolute Gasteiger partial charge is 0.495 e. The van der Waals surface area contributed by atoms with Crippen LogP contribution >= 0.6 is 11.6 Å². The highest BCUT2D eigenvalue weighted by Gasteiger charge is 2.19. The second-order valence-electron chi connectivity index (χ2n) is 6.65. The maximum Gasteiger partial charge on any atom is 0.232 e. The van der Waals surface area contributed by atoms with E-state index in [4.69, 9.17) is 21.1 Å². The third-order valence-electron chi connectivity index (χ3n) is 4.27. The zero-order chi connectivity index (χ0) is 22.0. The number of rotatable bonds is 12. The van der Waals surface area contributed by atoms with Crippen LogP contribution in [0.2, 0.25) is 5.02 Å². The molecule has 0 saturated heterocycles. The summed E-state index contributed by atoms with van der Waals surface area (Å²) in [5.41, 5.74) is 1.50. The Kier molecular flexibility index (Phi) is 9.42. The third-order valence-corrected chi connectivity index (χ3v) is 5.76. The molecule has 0 aromatic heterocycles. The van der Waals surface area contributed by atoms with E-state index in [1.807, 2.05) is 30.3 Å². The van der Waals surface area contributed by atoms with Crippen molar-refractivity contribution >= 4 is 33.2 Å². The highest BCUT2D eigenvalue weighted by Crippen LogP contribution is 2.30. The molecule has 0 heterocycles. The number of hydrogen-bond acceptors (Lipinski definition) is 5. The summed E-state index contributed by atoms with van der Waals surface area (Å²) < 4.78 is 36.2. The van der Waals surface area contributed by atoms with Gasteiger partial charge in [0.05, 0.1) is 37.3 Å². The molecule has 1 N–H and O–H groups in total. The van der Waals surface area contributed by atoms with Crippen LogP contribution < -0.4 is 14.4 Å². The van der Waals surface area contributed by atoms with Crippen LogP contribution in [-0.4, -0.2) is 47.4 Å². The molecule has 9 heteroatoms. The van der Waals surface area contributed by atoms with Gasteiger partial charge in [-0.1, -0.05) is 41.9 Å². The molecule has 0 atom stereocenters. The standard InChI is InChI=1S/C21H27ClN2O5S/c1-28-20-11-10-18(15-19(20)22)24(30(2,26)27)13-6-9-21(25)23-12-14-29-16-17-7-4-3-5-8-17/h3-5,7-8,10-11,15H,6,9,12-14,16H2,1-2H3,(H,23,25). The van der Waals surface area contributed by atoms with E-state index in [1.54, 1.807) is 12.1 Å². The molecule has 2 aromatic rings. The van der Waals surface area contributed by atoms with Crippen molar-refractivity contribution in [2.24, 2.45) is 0 Å². The summed E-state index contributed by atoms with van der Waals surface area (Å²) in [4.78, 5) is 12.0. The number of anilines is 1. The first kappa shape index (κ1) is 24.0. The Balaban J connectivity index is 1.75. The normalized spacial score (nSPS) is 11.2. The Morgan fingerprint density at radius 2 is 1.90 bits per heavy atom. The van der Waals surface area contributed by atoms with Gasteiger partial charge in [0.25, 0.3) is 0 Å². The molecule has 2 aromatic carbocycles. The molecule has 164 valence electrons. The molecule has 0 aliphatic heterocycles. The van der Waals surface area contributed by atoms with Gasteiger partial charge in [-0.2, -0.15) is 0 Å². The number of carbonyl (C=O) groups excluding carboxylic acids is 1. The predicted octanol–water partition coefficient (Wildman–Crippen LogP) is 3.23. The number of hydrogen-bond donors (Lipinski definition) is 1. The van der Waals surface area contributed by atoms with Gasteiger partial charge in [-0.25, -0.2) is 8.42 Å². The smallest absolute Gasteiger partial charge is 0.232 e. The molecule has 0 aliphatic rings. The van der Waals surface area contributed by atoms with E-state index in [0.29, 0.717) is 42.6 Å². The Bertz CT molecular complexity index is 922. The fourth-order valence-corrected chi connectivity index (χ4v) is 4.00. The zero-order valence-electron chi connectivity index (χ0n) is 17.1. The molecular weight excluding hydrogens is 428 g/mol. The first-order chi connectivity index (χ1) is 14.3. The van der Waals surface area contributed by atoms with Gasteiger partial charge in [0.15, 0.2) is 0 Å². The van der Waals surface area contributed by atoms with E-state index in [0.717, 1.165) is 11.8 Å². The number of amides is 1. The highest BCUT2D eigenvalue weighted by atomic mass is 35.5. The zero-order valence-corrected chi connectivity index (χ0v) is 18.7. The minimum Gasteiger partial charge on any atom is -0.495 e. The van der Waals surface area contributed by atoms with Gasteiger partial charge in [-0.15, -0.1) is 0 Å². The number of carbonyl (C=O) groups is 1. The first-order valence-corrected chi connectivity index (χ1v) is 11.7. The van der Waals surface area contributed by atoms with Crippen LogP contribution in [-0.2, 0) is 26.2 Å². The number of sulfonamides is 1. The van der Waals surface area contributed by atoms with Gasteiger partial charge in [0.2, 0.25) is 15.9 Å². The number of methoxy groups -OCH3 is 1. The molecule has 1 amide bonds. The summed E-state index contributed by atoms with van der Waals surface area (Å²) in [6.45, 7) is 1.46. The van der Waals surface area contributed by atoms with E-state index in [1.165, 1.54) is 17.5 Å². The average Bonchev–Trinajstić information content (AvgIpc) is 2.71.